The van der Waals surface area contributed by atoms with E-state index in [4.69, 9.17) is 24.4 Å². The van der Waals surface area contributed by atoms with Crippen molar-refractivity contribution in [3.05, 3.63) is 60.7 Å². The molecule has 0 spiro atoms. The molecule has 0 unspecified atom stereocenters. The van der Waals surface area contributed by atoms with Crippen LogP contribution in [0, 0.1) is 0 Å². The Morgan fingerprint density at radius 2 is 0.886 bits per heavy atom. The average molecular weight is 638 g/mol. The number of hydrogen-bond acceptors (Lipinski definition) is 4. The van der Waals surface area contributed by atoms with Crippen LogP contribution in [0.3, 0.4) is 0 Å². The molecule has 0 atom stereocenters. The van der Waals surface area contributed by atoms with E-state index in [-0.39, 0.29) is 59.2 Å². The van der Waals surface area contributed by atoms with Gasteiger partial charge in [-0.15, -0.1) is 0 Å². The van der Waals surface area contributed by atoms with E-state index in [0.29, 0.717) is 0 Å². The Bertz CT molecular complexity index is 727. The minimum absolute atomic E-state index is 0. The third-order valence-corrected chi connectivity index (χ3v) is 5.99. The maximum Gasteiger partial charge on any atom is 2.00 e. The molecule has 0 fully saturated rings. The molecule has 0 bridgehead atoms. The zero-order valence-corrected chi connectivity index (χ0v) is 27.6. The van der Waals surface area contributed by atoms with Crippen LogP contribution in [0.15, 0.2) is 60.7 Å². The minimum Gasteiger partial charge on any atom is -0.852 e. The van der Waals surface area contributed by atoms with Crippen molar-refractivity contribution in [1.29, 1.82) is 0 Å². The van der Waals surface area contributed by atoms with Gasteiger partial charge in [-0.2, -0.15) is 0 Å². The van der Waals surface area contributed by atoms with E-state index < -0.39 is 0 Å². The van der Waals surface area contributed by atoms with Gasteiger partial charge in [0.15, 0.2) is 0 Å². The molecule has 0 radical (unpaired) electrons. The van der Waals surface area contributed by atoms with Gasteiger partial charge in [0.1, 0.15) is 0 Å². The van der Waals surface area contributed by atoms with E-state index in [1.165, 1.54) is 51.4 Å². The first kappa shape index (κ1) is 34.4. The summed E-state index contributed by atoms with van der Waals surface area (Å²) in [5.74, 6) is 0. The third-order valence-electron chi connectivity index (χ3n) is 5.55. The fourth-order valence-electron chi connectivity index (χ4n) is 3.61. The molecule has 0 heterocycles. The smallest absolute Gasteiger partial charge is 0.852 e. The molecule has 0 aliphatic rings. The van der Waals surface area contributed by atoms with E-state index in [1.54, 1.807) is 9.80 Å². The molecule has 7 heteroatoms. The van der Waals surface area contributed by atoms with Crippen LogP contribution >= 0.6 is 24.4 Å². The Balaban J connectivity index is 0.000000642. The Hall–Kier alpha value is -0.609. The van der Waals surface area contributed by atoms with Crippen LogP contribution in [0.25, 0.3) is 0 Å². The van der Waals surface area contributed by atoms with Gasteiger partial charge in [-0.05, 0) is 37.1 Å². The van der Waals surface area contributed by atoms with Crippen molar-refractivity contribution < 1.29 is 10.2 Å². The van der Waals surface area contributed by atoms with Gasteiger partial charge in [-0.1, -0.05) is 126 Å². The van der Waals surface area contributed by atoms with Gasteiger partial charge < -0.3 is 20.0 Å². The molecule has 0 aromatic heterocycles. The van der Waals surface area contributed by atoms with Gasteiger partial charge in [-0.3, -0.25) is 0 Å². The van der Waals surface area contributed by atoms with E-state index in [9.17, 15) is 10.2 Å². The number of unbranched alkanes of at least 4 members (excludes halogenated alkanes) is 8. The summed E-state index contributed by atoms with van der Waals surface area (Å²) in [7, 11) is 0. The van der Waals surface area contributed by atoms with Gasteiger partial charge in [0, 0.05) is 34.8 Å². The fraction of sp³-hybridized carbons (Fsp3) is 0.500. The van der Waals surface area contributed by atoms with E-state index in [1.807, 2.05) is 60.7 Å². The van der Waals surface area contributed by atoms with Crippen molar-refractivity contribution in [2.45, 2.75) is 78.1 Å². The molecular weight excluding hydrogens is 598 g/mol. The standard InChI is InChI=1S/2C14H21NOS.Ba/c2*1-2-3-4-5-9-12-15(14(16)17)13-10-7-6-8-11-13;/h2*6-8,10-11H,2-5,9,12H2,1H3,(H,16,17);/q;;+2/p-2. The monoisotopic (exact) mass is 638 g/mol. The minimum atomic E-state index is -0.285. The molecule has 0 aliphatic carbocycles. The summed E-state index contributed by atoms with van der Waals surface area (Å²) in [4.78, 5) is 3.36. The Labute approximate surface area is 264 Å². The first-order valence-corrected chi connectivity index (χ1v) is 13.4. The summed E-state index contributed by atoms with van der Waals surface area (Å²) < 4.78 is 0. The molecule has 2 aromatic rings. The molecule has 0 N–H and O–H groups in total. The number of thiocarbonyl (C=S) groups is 2. The SMILES string of the molecule is CCCCCCCN(C([O-])=S)c1ccccc1.CCCCCCCN(C([O-])=S)c1ccccc1.[Ba+2]. The summed E-state index contributed by atoms with van der Waals surface area (Å²) in [5, 5.41) is 22.2. The van der Waals surface area contributed by atoms with Gasteiger partial charge in [0.2, 0.25) is 0 Å². The average Bonchev–Trinajstić information content (AvgIpc) is 2.84. The summed E-state index contributed by atoms with van der Waals surface area (Å²) in [6, 6.07) is 19.3. The first-order chi connectivity index (χ1) is 16.5. The van der Waals surface area contributed by atoms with Crippen LogP contribution in [0.1, 0.15) is 78.1 Å². The van der Waals surface area contributed by atoms with E-state index in [0.717, 1.165) is 37.3 Å². The Morgan fingerprint density at radius 1 is 0.571 bits per heavy atom. The number of nitrogens with zero attached hydrogens (tertiary/aromatic N) is 2. The zero-order valence-electron chi connectivity index (χ0n) is 21.5. The van der Waals surface area contributed by atoms with Crippen molar-refractivity contribution >= 4 is 95.0 Å². The molecule has 0 aliphatic heterocycles. The van der Waals surface area contributed by atoms with Gasteiger partial charge in [0.05, 0.1) is 0 Å². The van der Waals surface area contributed by atoms with Crippen LogP contribution in [0.4, 0.5) is 11.4 Å². The quantitative estimate of drug-likeness (QED) is 0.148. The Kier molecular flexibility index (Phi) is 22.2. The maximum atomic E-state index is 11.4. The molecule has 0 saturated carbocycles. The van der Waals surface area contributed by atoms with Crippen LogP contribution in [0.5, 0.6) is 0 Å². The van der Waals surface area contributed by atoms with Gasteiger partial charge in [-0.25, -0.2) is 0 Å². The summed E-state index contributed by atoms with van der Waals surface area (Å²) in [6.07, 6.45) is 11.9. The van der Waals surface area contributed by atoms with Crippen molar-refractivity contribution in [2.24, 2.45) is 0 Å². The number of hydrogen-bond donors (Lipinski definition) is 0. The van der Waals surface area contributed by atoms with Crippen LogP contribution in [-0.2, 0) is 0 Å². The second-order valence-electron chi connectivity index (χ2n) is 8.33. The molecule has 4 nitrogen and oxygen atoms in total. The van der Waals surface area contributed by atoms with E-state index >= 15 is 0 Å². The molecular formula is C28H40BaN2O2S2. The predicted octanol–water partition coefficient (Wildman–Crippen LogP) is 5.84. The van der Waals surface area contributed by atoms with Crippen molar-refractivity contribution in [3.8, 4) is 0 Å². The maximum absolute atomic E-state index is 11.4. The molecule has 2 aromatic carbocycles. The zero-order chi connectivity index (χ0) is 25.0. The van der Waals surface area contributed by atoms with Crippen LogP contribution in [0.2, 0.25) is 0 Å². The second-order valence-corrected chi connectivity index (χ2v) is 9.03. The van der Waals surface area contributed by atoms with Crippen LogP contribution in [-0.4, -0.2) is 72.3 Å². The number of para-hydroxylation sites is 2. The Morgan fingerprint density at radius 3 is 1.17 bits per heavy atom. The van der Waals surface area contributed by atoms with E-state index in [2.05, 4.69) is 13.8 Å². The predicted molar refractivity (Wildman–Crippen MR) is 156 cm³/mol. The van der Waals surface area contributed by atoms with Crippen LogP contribution < -0.4 is 20.0 Å². The normalized spacial score (nSPS) is 9.89. The topological polar surface area (TPSA) is 52.6 Å². The van der Waals surface area contributed by atoms with Gasteiger partial charge in [0.25, 0.3) is 0 Å². The molecule has 35 heavy (non-hydrogen) atoms. The fourth-order valence-corrected chi connectivity index (χ4v) is 4.01. The summed E-state index contributed by atoms with van der Waals surface area (Å²) >= 11 is 9.54. The second kappa shape index (κ2) is 22.6. The van der Waals surface area contributed by atoms with Crippen molar-refractivity contribution in [3.63, 3.8) is 0 Å². The first-order valence-electron chi connectivity index (χ1n) is 12.6. The number of benzene rings is 2. The van der Waals surface area contributed by atoms with Crippen molar-refractivity contribution in [1.82, 2.24) is 0 Å². The largest absolute Gasteiger partial charge is 2.00 e. The molecule has 2 rings (SSSR count). The third kappa shape index (κ3) is 16.0. The van der Waals surface area contributed by atoms with Crippen molar-refractivity contribution in [2.75, 3.05) is 22.9 Å². The number of anilines is 2. The summed E-state index contributed by atoms with van der Waals surface area (Å²) in [6.45, 7) is 5.86. The molecule has 0 saturated heterocycles. The molecule has 0 amide bonds. The van der Waals surface area contributed by atoms with Gasteiger partial charge >= 0.3 is 48.9 Å². The summed E-state index contributed by atoms with van der Waals surface area (Å²) in [5.41, 5.74) is 1.81. The molecule has 188 valence electrons. The number of rotatable bonds is 14.